The normalized spacial score (nSPS) is 16.8. The van der Waals surface area contributed by atoms with Crippen molar-refractivity contribution in [3.63, 3.8) is 0 Å². The Kier molecular flexibility index (Phi) is 5.88. The summed E-state index contributed by atoms with van der Waals surface area (Å²) in [5.41, 5.74) is 0.128. The van der Waals surface area contributed by atoms with Gasteiger partial charge in [-0.15, -0.1) is 0 Å². The number of rotatable bonds is 6. The fourth-order valence-corrected chi connectivity index (χ4v) is 5.02. The van der Waals surface area contributed by atoms with Crippen molar-refractivity contribution in [2.24, 2.45) is 5.41 Å². The number of hydrogen-bond acceptors (Lipinski definition) is 6. The summed E-state index contributed by atoms with van der Waals surface area (Å²) in [6.07, 6.45) is 3.97. The van der Waals surface area contributed by atoms with Crippen molar-refractivity contribution in [2.45, 2.75) is 12.8 Å². The molecule has 0 atom stereocenters. The van der Waals surface area contributed by atoms with Crippen LogP contribution in [0, 0.1) is 5.41 Å². The second-order valence-electron chi connectivity index (χ2n) is 6.96. The Labute approximate surface area is 163 Å². The number of ether oxygens (including phenoxy) is 1. The van der Waals surface area contributed by atoms with Crippen LogP contribution in [0.5, 0.6) is 0 Å². The quantitative estimate of drug-likeness (QED) is 0.783. The van der Waals surface area contributed by atoms with Gasteiger partial charge in [-0.2, -0.15) is 9.78 Å². The van der Waals surface area contributed by atoms with Crippen molar-refractivity contribution in [1.29, 1.82) is 0 Å². The number of sulfone groups is 1. The van der Waals surface area contributed by atoms with Crippen LogP contribution < -0.4 is 10.9 Å². The molecule has 1 N–H and O–H groups in total. The van der Waals surface area contributed by atoms with Crippen molar-refractivity contribution in [2.75, 3.05) is 37.1 Å². The van der Waals surface area contributed by atoms with Gasteiger partial charge in [-0.25, -0.2) is 8.42 Å². The van der Waals surface area contributed by atoms with E-state index < -0.39 is 20.8 Å². The molecule has 0 radical (unpaired) electrons. The monoisotopic (exact) mass is 411 g/mol. The molecule has 2 aromatic rings. The third kappa shape index (κ3) is 4.88. The smallest absolute Gasteiger partial charge is 0.292 e. The lowest BCUT2D eigenvalue weighted by Gasteiger charge is -2.37. The Morgan fingerprint density at radius 1 is 1.26 bits per heavy atom. The summed E-state index contributed by atoms with van der Waals surface area (Å²) >= 11 is 6.27. The van der Waals surface area contributed by atoms with Gasteiger partial charge in [0.25, 0.3) is 5.56 Å². The molecule has 27 heavy (non-hydrogen) atoms. The maximum Gasteiger partial charge on any atom is 0.292 e. The van der Waals surface area contributed by atoms with Gasteiger partial charge in [0, 0.05) is 31.4 Å². The van der Waals surface area contributed by atoms with Crippen LogP contribution in [0.4, 0.5) is 5.69 Å². The average molecular weight is 412 g/mol. The maximum absolute atomic E-state index is 12.6. The summed E-state index contributed by atoms with van der Waals surface area (Å²) in [6.45, 7) is 1.40. The molecule has 0 unspecified atom stereocenters. The van der Waals surface area contributed by atoms with Crippen molar-refractivity contribution >= 4 is 27.1 Å². The molecule has 0 bridgehead atoms. The summed E-state index contributed by atoms with van der Waals surface area (Å²) in [7, 11) is -3.16. The van der Waals surface area contributed by atoms with Gasteiger partial charge in [0.2, 0.25) is 0 Å². The topological polar surface area (TPSA) is 90.3 Å². The maximum atomic E-state index is 12.6. The molecule has 1 aliphatic rings. The molecular weight excluding hydrogens is 390 g/mol. The van der Waals surface area contributed by atoms with Crippen LogP contribution in [0.2, 0.25) is 5.02 Å². The third-order valence-corrected chi connectivity index (χ3v) is 6.20. The molecule has 7 nitrogen and oxygen atoms in total. The standard InChI is InChI=1S/C18H22ClN3O4S/c1-27(24,25)13-18(7-9-26-10-8-18)12-20-15-11-21-22(17(23)16(15)19)14-5-3-2-4-6-14/h2-6,11,20H,7-10,12-13H2,1H3. The zero-order chi connectivity index (χ0) is 19.5. The third-order valence-electron chi connectivity index (χ3n) is 4.70. The Hall–Kier alpha value is -1.90. The largest absolute Gasteiger partial charge is 0.382 e. The first-order valence-electron chi connectivity index (χ1n) is 8.62. The highest BCUT2D eigenvalue weighted by Gasteiger charge is 2.36. The molecule has 0 aliphatic carbocycles. The van der Waals surface area contributed by atoms with E-state index in [2.05, 4.69) is 10.4 Å². The van der Waals surface area contributed by atoms with Crippen LogP contribution in [0.25, 0.3) is 5.69 Å². The highest BCUT2D eigenvalue weighted by Crippen LogP contribution is 2.33. The van der Waals surface area contributed by atoms with Crippen LogP contribution in [-0.4, -0.2) is 50.0 Å². The van der Waals surface area contributed by atoms with Crippen LogP contribution in [0.3, 0.4) is 0 Å². The van der Waals surface area contributed by atoms with Gasteiger partial charge in [0.1, 0.15) is 14.9 Å². The number of aromatic nitrogens is 2. The lowest BCUT2D eigenvalue weighted by molar-refractivity contribution is 0.0315. The second-order valence-corrected chi connectivity index (χ2v) is 9.48. The minimum Gasteiger partial charge on any atom is -0.382 e. The lowest BCUT2D eigenvalue weighted by atomic mass is 9.82. The van der Waals surface area contributed by atoms with Crippen LogP contribution in [-0.2, 0) is 14.6 Å². The molecule has 0 spiro atoms. The SMILES string of the molecule is CS(=O)(=O)CC1(CNc2cnn(-c3ccccc3)c(=O)c2Cl)CCOCC1. The molecular formula is C18H22ClN3O4S. The Balaban J connectivity index is 1.83. The molecule has 1 aliphatic heterocycles. The first-order chi connectivity index (χ1) is 12.8. The summed E-state index contributed by atoms with van der Waals surface area (Å²) in [5.74, 6) is 0.0580. The number of hydrogen-bond donors (Lipinski definition) is 1. The number of benzene rings is 1. The minimum atomic E-state index is -3.16. The second kappa shape index (κ2) is 8.00. The van der Waals surface area contributed by atoms with Crippen molar-refractivity contribution in [1.82, 2.24) is 9.78 Å². The highest BCUT2D eigenvalue weighted by atomic mass is 35.5. The number of anilines is 1. The Morgan fingerprint density at radius 3 is 2.56 bits per heavy atom. The van der Waals surface area contributed by atoms with Gasteiger partial charge < -0.3 is 10.1 Å². The van der Waals surface area contributed by atoms with E-state index in [0.717, 1.165) is 0 Å². The molecule has 2 heterocycles. The van der Waals surface area contributed by atoms with E-state index in [0.29, 0.717) is 44.0 Å². The van der Waals surface area contributed by atoms with Gasteiger partial charge in [-0.3, -0.25) is 4.79 Å². The first kappa shape index (κ1) is 19.9. The van der Waals surface area contributed by atoms with Gasteiger partial charge in [0.05, 0.1) is 23.3 Å². The van der Waals surface area contributed by atoms with Crippen LogP contribution in [0.15, 0.2) is 41.3 Å². The number of halogens is 1. The average Bonchev–Trinajstić information content (AvgIpc) is 2.63. The van der Waals surface area contributed by atoms with Crippen LogP contribution >= 0.6 is 11.6 Å². The van der Waals surface area contributed by atoms with E-state index in [4.69, 9.17) is 16.3 Å². The molecule has 0 saturated carbocycles. The fraction of sp³-hybridized carbons (Fsp3) is 0.444. The molecule has 1 fully saturated rings. The zero-order valence-electron chi connectivity index (χ0n) is 15.0. The van der Waals surface area contributed by atoms with E-state index in [-0.39, 0.29) is 10.8 Å². The Morgan fingerprint density at radius 2 is 1.93 bits per heavy atom. The van der Waals surface area contributed by atoms with Crippen LogP contribution in [0.1, 0.15) is 12.8 Å². The van der Waals surface area contributed by atoms with E-state index >= 15 is 0 Å². The molecule has 3 rings (SSSR count). The first-order valence-corrected chi connectivity index (χ1v) is 11.1. The summed E-state index contributed by atoms with van der Waals surface area (Å²) < 4.78 is 30.4. The van der Waals surface area contributed by atoms with Gasteiger partial charge in [-0.05, 0) is 25.0 Å². The highest BCUT2D eigenvalue weighted by molar-refractivity contribution is 7.90. The Bertz CT molecular complexity index is 954. The van der Waals surface area contributed by atoms with E-state index in [1.54, 1.807) is 12.1 Å². The predicted molar refractivity (Wildman–Crippen MR) is 106 cm³/mol. The minimum absolute atomic E-state index is 0.0235. The number of nitrogens with zero attached hydrogens (tertiary/aromatic N) is 2. The van der Waals surface area contributed by atoms with Gasteiger partial charge >= 0.3 is 0 Å². The molecule has 1 aromatic heterocycles. The summed E-state index contributed by atoms with van der Waals surface area (Å²) in [4.78, 5) is 12.6. The molecule has 0 amide bonds. The number of para-hydroxylation sites is 1. The fourth-order valence-electron chi connectivity index (χ4n) is 3.32. The van der Waals surface area contributed by atoms with Crippen molar-refractivity contribution in [3.05, 3.63) is 51.9 Å². The molecule has 1 aromatic carbocycles. The van der Waals surface area contributed by atoms with E-state index in [9.17, 15) is 13.2 Å². The molecule has 1 saturated heterocycles. The lowest BCUT2D eigenvalue weighted by Crippen LogP contribution is -2.41. The number of nitrogens with one attached hydrogen (secondary N) is 1. The van der Waals surface area contributed by atoms with Gasteiger partial charge in [-0.1, -0.05) is 29.8 Å². The van der Waals surface area contributed by atoms with Gasteiger partial charge in [0.15, 0.2) is 0 Å². The van der Waals surface area contributed by atoms with Crippen molar-refractivity contribution < 1.29 is 13.2 Å². The van der Waals surface area contributed by atoms with E-state index in [1.807, 2.05) is 18.2 Å². The van der Waals surface area contributed by atoms with Crippen molar-refractivity contribution in [3.8, 4) is 5.69 Å². The summed E-state index contributed by atoms with van der Waals surface area (Å²) in [6, 6.07) is 9.00. The predicted octanol–water partition coefficient (Wildman–Crippen LogP) is 2.14. The molecule has 146 valence electrons. The molecule has 9 heteroatoms. The zero-order valence-corrected chi connectivity index (χ0v) is 16.6. The summed E-state index contributed by atoms with van der Waals surface area (Å²) in [5, 5.41) is 7.35. The van der Waals surface area contributed by atoms with E-state index in [1.165, 1.54) is 17.1 Å².